The number of carbonyl (C=O) groups is 2. The molecule has 29 heavy (non-hydrogen) atoms. The van der Waals surface area contributed by atoms with Gasteiger partial charge in [-0.25, -0.2) is 9.59 Å². The topological polar surface area (TPSA) is 73.5 Å². The van der Waals surface area contributed by atoms with Gasteiger partial charge >= 0.3 is 12.1 Å². The largest absolute Gasteiger partial charge is 0.338 e. The molecule has 2 aromatic carbocycles. The zero-order chi connectivity index (χ0) is 20.6. The van der Waals surface area contributed by atoms with Crippen LogP contribution in [0.2, 0.25) is 5.02 Å². The van der Waals surface area contributed by atoms with Gasteiger partial charge in [-0.15, -0.1) is 0 Å². The van der Waals surface area contributed by atoms with Crippen molar-refractivity contribution in [3.05, 3.63) is 59.1 Å². The minimum atomic E-state index is -0.188. The average molecular weight is 415 g/mol. The average Bonchev–Trinajstić information content (AvgIpc) is 2.70. The molecular formula is C22H27ClN4O2. The normalized spacial score (nSPS) is 14.3. The molecule has 1 aliphatic rings. The van der Waals surface area contributed by atoms with Crippen LogP contribution in [-0.2, 0) is 0 Å². The summed E-state index contributed by atoms with van der Waals surface area (Å²) in [6.07, 6.45) is 2.78. The third kappa shape index (κ3) is 6.68. The van der Waals surface area contributed by atoms with Crippen molar-refractivity contribution in [1.29, 1.82) is 0 Å². The van der Waals surface area contributed by atoms with Gasteiger partial charge in [0.25, 0.3) is 0 Å². The van der Waals surface area contributed by atoms with E-state index in [9.17, 15) is 9.59 Å². The molecule has 3 rings (SSSR count). The lowest BCUT2D eigenvalue weighted by Gasteiger charge is -2.32. The molecule has 7 heteroatoms. The number of urea groups is 2. The van der Waals surface area contributed by atoms with Gasteiger partial charge in [-0.05, 0) is 62.4 Å². The number of rotatable bonds is 5. The van der Waals surface area contributed by atoms with E-state index in [4.69, 9.17) is 11.6 Å². The first kappa shape index (κ1) is 21.0. The van der Waals surface area contributed by atoms with E-state index >= 15 is 0 Å². The van der Waals surface area contributed by atoms with Gasteiger partial charge in [0.2, 0.25) is 0 Å². The summed E-state index contributed by atoms with van der Waals surface area (Å²) in [6.45, 7) is 4.06. The molecule has 154 valence electrons. The van der Waals surface area contributed by atoms with E-state index in [1.807, 2.05) is 48.2 Å². The second-order valence-electron chi connectivity index (χ2n) is 7.41. The molecular weight excluding hydrogens is 388 g/mol. The molecule has 6 nitrogen and oxygen atoms in total. The molecule has 1 aliphatic heterocycles. The van der Waals surface area contributed by atoms with Gasteiger partial charge in [0.05, 0.1) is 0 Å². The number of likely N-dealkylation sites (tertiary alicyclic amines) is 1. The summed E-state index contributed by atoms with van der Waals surface area (Å²) in [5.41, 5.74) is 2.64. The van der Waals surface area contributed by atoms with E-state index < -0.39 is 0 Å². The Morgan fingerprint density at radius 2 is 1.76 bits per heavy atom. The number of piperidine rings is 1. The summed E-state index contributed by atoms with van der Waals surface area (Å²) in [6, 6.07) is 14.6. The lowest BCUT2D eigenvalue weighted by atomic mass is 9.94. The van der Waals surface area contributed by atoms with E-state index in [0.29, 0.717) is 36.3 Å². The Morgan fingerprint density at radius 1 is 1.03 bits per heavy atom. The predicted molar refractivity (Wildman–Crippen MR) is 118 cm³/mol. The Labute approximate surface area is 176 Å². The molecule has 1 fully saturated rings. The highest BCUT2D eigenvalue weighted by atomic mass is 35.5. The third-order valence-corrected chi connectivity index (χ3v) is 5.36. The van der Waals surface area contributed by atoms with E-state index in [-0.39, 0.29) is 12.1 Å². The summed E-state index contributed by atoms with van der Waals surface area (Å²) >= 11 is 5.96. The van der Waals surface area contributed by atoms with Crippen LogP contribution in [-0.4, -0.2) is 36.6 Å². The van der Waals surface area contributed by atoms with Gasteiger partial charge in [0.15, 0.2) is 0 Å². The van der Waals surface area contributed by atoms with Crippen LogP contribution in [0.4, 0.5) is 21.0 Å². The van der Waals surface area contributed by atoms with E-state index in [1.54, 1.807) is 12.1 Å². The Bertz CT molecular complexity index is 833. The van der Waals surface area contributed by atoms with Crippen molar-refractivity contribution in [1.82, 2.24) is 10.2 Å². The number of hydrogen-bond donors (Lipinski definition) is 3. The summed E-state index contributed by atoms with van der Waals surface area (Å²) < 4.78 is 0. The minimum absolute atomic E-state index is 0.0960. The SMILES string of the molecule is Cc1ccc(NC(=O)NCCC2CCN(C(=O)Nc3cccc(Cl)c3)CC2)cc1. The fraction of sp³-hybridized carbons (Fsp3) is 0.364. The van der Waals surface area contributed by atoms with E-state index in [2.05, 4.69) is 16.0 Å². The lowest BCUT2D eigenvalue weighted by molar-refractivity contribution is 0.180. The second-order valence-corrected chi connectivity index (χ2v) is 7.84. The zero-order valence-corrected chi connectivity index (χ0v) is 17.3. The highest BCUT2D eigenvalue weighted by Gasteiger charge is 2.22. The maximum Gasteiger partial charge on any atom is 0.321 e. The molecule has 0 aliphatic carbocycles. The first-order valence-corrected chi connectivity index (χ1v) is 10.3. The van der Waals surface area contributed by atoms with Crippen LogP contribution in [0.5, 0.6) is 0 Å². The van der Waals surface area contributed by atoms with E-state index in [0.717, 1.165) is 30.5 Å². The Kier molecular flexibility index (Phi) is 7.36. The number of benzene rings is 2. The molecule has 2 aromatic rings. The summed E-state index contributed by atoms with van der Waals surface area (Å²) in [5.74, 6) is 0.505. The van der Waals surface area contributed by atoms with Crippen molar-refractivity contribution in [2.24, 2.45) is 5.92 Å². The highest BCUT2D eigenvalue weighted by molar-refractivity contribution is 6.30. The van der Waals surface area contributed by atoms with Crippen LogP contribution in [0.1, 0.15) is 24.8 Å². The number of carbonyl (C=O) groups excluding carboxylic acids is 2. The summed E-state index contributed by atoms with van der Waals surface area (Å²) in [4.78, 5) is 26.2. The smallest absolute Gasteiger partial charge is 0.321 e. The van der Waals surface area contributed by atoms with Crippen LogP contribution in [0.3, 0.4) is 0 Å². The van der Waals surface area contributed by atoms with Crippen LogP contribution in [0, 0.1) is 12.8 Å². The van der Waals surface area contributed by atoms with Crippen molar-refractivity contribution in [2.75, 3.05) is 30.3 Å². The summed E-state index contributed by atoms with van der Waals surface area (Å²) in [7, 11) is 0. The Balaban J connectivity index is 1.33. The van der Waals surface area contributed by atoms with Crippen LogP contribution < -0.4 is 16.0 Å². The van der Waals surface area contributed by atoms with Gasteiger partial charge in [-0.1, -0.05) is 35.4 Å². The van der Waals surface area contributed by atoms with Gasteiger partial charge in [0.1, 0.15) is 0 Å². The molecule has 0 bridgehead atoms. The van der Waals surface area contributed by atoms with Crippen LogP contribution in [0.15, 0.2) is 48.5 Å². The molecule has 1 heterocycles. The molecule has 0 spiro atoms. The molecule has 4 amide bonds. The molecule has 0 atom stereocenters. The fourth-order valence-electron chi connectivity index (χ4n) is 3.40. The van der Waals surface area contributed by atoms with Crippen molar-refractivity contribution in [3.8, 4) is 0 Å². The Morgan fingerprint density at radius 3 is 2.45 bits per heavy atom. The van der Waals surface area contributed by atoms with E-state index in [1.165, 1.54) is 0 Å². The standard InChI is InChI=1S/C22H27ClN4O2/c1-16-5-7-19(8-6-16)25-21(28)24-12-9-17-10-13-27(14-11-17)22(29)26-20-4-2-3-18(23)15-20/h2-8,15,17H,9-14H2,1H3,(H,26,29)(H2,24,25,28). The number of halogens is 1. The fourth-order valence-corrected chi connectivity index (χ4v) is 3.59. The zero-order valence-electron chi connectivity index (χ0n) is 16.6. The van der Waals surface area contributed by atoms with Gasteiger partial charge in [-0.3, -0.25) is 0 Å². The van der Waals surface area contributed by atoms with Crippen molar-refractivity contribution < 1.29 is 9.59 Å². The summed E-state index contributed by atoms with van der Waals surface area (Å²) in [5, 5.41) is 9.23. The number of anilines is 2. The minimum Gasteiger partial charge on any atom is -0.338 e. The molecule has 0 unspecified atom stereocenters. The van der Waals surface area contributed by atoms with Crippen molar-refractivity contribution in [2.45, 2.75) is 26.2 Å². The molecule has 0 radical (unpaired) electrons. The molecule has 3 N–H and O–H groups in total. The van der Waals surface area contributed by atoms with Crippen molar-refractivity contribution >= 4 is 35.0 Å². The molecule has 1 saturated heterocycles. The first-order valence-electron chi connectivity index (χ1n) is 9.92. The quantitative estimate of drug-likeness (QED) is 0.636. The van der Waals surface area contributed by atoms with Crippen LogP contribution >= 0.6 is 11.6 Å². The van der Waals surface area contributed by atoms with Gasteiger partial charge in [0, 0.05) is 36.0 Å². The number of hydrogen-bond acceptors (Lipinski definition) is 2. The predicted octanol–water partition coefficient (Wildman–Crippen LogP) is 5.10. The monoisotopic (exact) mass is 414 g/mol. The lowest BCUT2D eigenvalue weighted by Crippen LogP contribution is -2.41. The van der Waals surface area contributed by atoms with Crippen molar-refractivity contribution in [3.63, 3.8) is 0 Å². The maximum absolute atomic E-state index is 12.4. The Hall–Kier alpha value is -2.73. The van der Waals surface area contributed by atoms with Crippen LogP contribution in [0.25, 0.3) is 0 Å². The number of amides is 4. The maximum atomic E-state index is 12.4. The molecule has 0 saturated carbocycles. The third-order valence-electron chi connectivity index (χ3n) is 5.13. The highest BCUT2D eigenvalue weighted by Crippen LogP contribution is 2.21. The number of nitrogens with zero attached hydrogens (tertiary/aromatic N) is 1. The first-order chi connectivity index (χ1) is 14.0. The van der Waals surface area contributed by atoms with Gasteiger partial charge < -0.3 is 20.9 Å². The number of aryl methyl sites for hydroxylation is 1. The number of nitrogens with one attached hydrogen (secondary N) is 3. The van der Waals surface area contributed by atoms with Gasteiger partial charge in [-0.2, -0.15) is 0 Å². The second kappa shape index (κ2) is 10.2. The molecule has 0 aromatic heterocycles.